The molecule has 0 saturated carbocycles. The number of benzene rings is 1. The number of nitrogens with one attached hydrogen (secondary N) is 2. The SMILES string of the molecule is N#CCC1(n2cc(-c3ccnc4[nH]ccc34)cn2)CN(C2CCN(C(=O)Nc3ccc(C#N)cc3Cl)CC2)C1. The van der Waals surface area contributed by atoms with Gasteiger partial charge in [0.15, 0.2) is 0 Å². The average Bonchev–Trinajstić information content (AvgIpc) is 3.62. The monoisotopic (exact) mass is 539 g/mol. The van der Waals surface area contributed by atoms with E-state index in [0.717, 1.165) is 48.1 Å². The van der Waals surface area contributed by atoms with E-state index in [0.29, 0.717) is 41.8 Å². The van der Waals surface area contributed by atoms with Gasteiger partial charge in [0.1, 0.15) is 11.2 Å². The van der Waals surface area contributed by atoms with Crippen LogP contribution in [0.25, 0.3) is 22.2 Å². The van der Waals surface area contributed by atoms with Gasteiger partial charge in [0, 0.05) is 61.8 Å². The number of hydrogen-bond donors (Lipinski definition) is 2. The van der Waals surface area contributed by atoms with Gasteiger partial charge in [0.2, 0.25) is 0 Å². The van der Waals surface area contributed by atoms with E-state index in [1.807, 2.05) is 41.5 Å². The zero-order chi connectivity index (χ0) is 27.0. The van der Waals surface area contributed by atoms with E-state index in [-0.39, 0.29) is 11.6 Å². The van der Waals surface area contributed by atoms with E-state index in [1.54, 1.807) is 29.3 Å². The molecule has 1 aromatic carbocycles. The summed E-state index contributed by atoms with van der Waals surface area (Å²) in [7, 11) is 0. The summed E-state index contributed by atoms with van der Waals surface area (Å²) in [5.74, 6) is 0. The van der Waals surface area contributed by atoms with E-state index in [9.17, 15) is 10.1 Å². The molecule has 6 rings (SSSR count). The predicted octanol–water partition coefficient (Wildman–Crippen LogP) is 4.57. The van der Waals surface area contributed by atoms with Gasteiger partial charge in [-0.25, -0.2) is 9.78 Å². The summed E-state index contributed by atoms with van der Waals surface area (Å²) < 4.78 is 1.96. The van der Waals surface area contributed by atoms with Crippen molar-refractivity contribution >= 4 is 34.4 Å². The van der Waals surface area contributed by atoms with Crippen LogP contribution in [0.4, 0.5) is 10.5 Å². The number of nitrogens with zero attached hydrogens (tertiary/aromatic N) is 7. The Morgan fingerprint density at radius 2 is 2.03 bits per heavy atom. The molecule has 0 radical (unpaired) electrons. The molecule has 39 heavy (non-hydrogen) atoms. The van der Waals surface area contributed by atoms with Crippen molar-refractivity contribution < 1.29 is 4.79 Å². The molecule has 4 aromatic rings. The number of hydrogen-bond acceptors (Lipinski definition) is 6. The van der Waals surface area contributed by atoms with Crippen molar-refractivity contribution in [3.8, 4) is 23.3 Å². The van der Waals surface area contributed by atoms with Crippen LogP contribution in [0.1, 0.15) is 24.8 Å². The Kier molecular flexibility index (Phi) is 6.43. The summed E-state index contributed by atoms with van der Waals surface area (Å²) >= 11 is 6.22. The molecule has 2 aliphatic rings. The van der Waals surface area contributed by atoms with Crippen LogP contribution >= 0.6 is 11.6 Å². The normalized spacial score (nSPS) is 17.4. The number of carbonyl (C=O) groups is 1. The third kappa shape index (κ3) is 4.59. The molecule has 2 aliphatic heterocycles. The van der Waals surface area contributed by atoms with Crippen LogP contribution < -0.4 is 5.32 Å². The fraction of sp³-hybridized carbons (Fsp3) is 0.321. The first-order valence-corrected chi connectivity index (χ1v) is 13.2. The number of pyridine rings is 1. The number of fused-ring (bicyclic) bond motifs is 1. The van der Waals surface area contributed by atoms with E-state index >= 15 is 0 Å². The molecule has 0 spiro atoms. The highest BCUT2D eigenvalue weighted by molar-refractivity contribution is 6.33. The van der Waals surface area contributed by atoms with Crippen molar-refractivity contribution in [2.24, 2.45) is 0 Å². The number of rotatable bonds is 5. The minimum atomic E-state index is -0.363. The highest BCUT2D eigenvalue weighted by Gasteiger charge is 2.48. The number of aromatic nitrogens is 4. The molecular weight excluding hydrogens is 514 g/mol. The molecule has 5 heterocycles. The molecule has 3 aromatic heterocycles. The first-order valence-electron chi connectivity index (χ1n) is 12.8. The van der Waals surface area contributed by atoms with Crippen molar-refractivity contribution in [2.75, 3.05) is 31.5 Å². The fourth-order valence-electron chi connectivity index (χ4n) is 5.70. The van der Waals surface area contributed by atoms with Crippen molar-refractivity contribution in [3.63, 3.8) is 0 Å². The second-order valence-corrected chi connectivity index (χ2v) is 10.6. The molecule has 0 bridgehead atoms. The number of amides is 2. The lowest BCUT2D eigenvalue weighted by Crippen LogP contribution is -2.66. The lowest BCUT2D eigenvalue weighted by Gasteiger charge is -2.53. The molecule has 2 amide bonds. The number of nitriles is 2. The van der Waals surface area contributed by atoms with Gasteiger partial charge in [-0.3, -0.25) is 9.58 Å². The maximum Gasteiger partial charge on any atom is 0.321 e. The molecule has 10 nitrogen and oxygen atoms in total. The summed E-state index contributed by atoms with van der Waals surface area (Å²) in [6.45, 7) is 2.75. The molecule has 0 aliphatic carbocycles. The first-order chi connectivity index (χ1) is 19.0. The molecule has 0 atom stereocenters. The Balaban J connectivity index is 1.08. The van der Waals surface area contributed by atoms with Gasteiger partial charge in [0.05, 0.1) is 41.0 Å². The van der Waals surface area contributed by atoms with Gasteiger partial charge in [-0.2, -0.15) is 15.6 Å². The third-order valence-electron chi connectivity index (χ3n) is 7.85. The van der Waals surface area contributed by atoms with Crippen LogP contribution in [0.15, 0.2) is 55.1 Å². The maximum absolute atomic E-state index is 12.8. The van der Waals surface area contributed by atoms with Crippen LogP contribution in [0, 0.1) is 22.7 Å². The van der Waals surface area contributed by atoms with Gasteiger partial charge >= 0.3 is 6.03 Å². The van der Waals surface area contributed by atoms with E-state index in [4.69, 9.17) is 16.9 Å². The van der Waals surface area contributed by atoms with Gasteiger partial charge in [-0.05, 0) is 48.7 Å². The van der Waals surface area contributed by atoms with Gasteiger partial charge in [0.25, 0.3) is 0 Å². The fourth-order valence-corrected chi connectivity index (χ4v) is 5.93. The Hall–Kier alpha value is -4.38. The first kappa shape index (κ1) is 24.9. The van der Waals surface area contributed by atoms with Crippen molar-refractivity contribution in [1.82, 2.24) is 29.5 Å². The van der Waals surface area contributed by atoms with Crippen molar-refractivity contribution in [1.29, 1.82) is 10.5 Å². The van der Waals surface area contributed by atoms with Crippen molar-refractivity contribution in [3.05, 3.63) is 65.7 Å². The van der Waals surface area contributed by atoms with Crippen LogP contribution in [-0.4, -0.2) is 67.8 Å². The number of aromatic amines is 1. The second kappa shape index (κ2) is 10.1. The lowest BCUT2D eigenvalue weighted by molar-refractivity contribution is -0.0399. The van der Waals surface area contributed by atoms with Crippen LogP contribution in [0.3, 0.4) is 0 Å². The van der Waals surface area contributed by atoms with E-state index in [1.165, 1.54) is 0 Å². The Labute approximate surface area is 230 Å². The highest BCUT2D eigenvalue weighted by Crippen LogP contribution is 2.37. The molecule has 2 saturated heterocycles. The summed E-state index contributed by atoms with van der Waals surface area (Å²) in [4.78, 5) is 24.5. The number of H-pyrrole nitrogens is 1. The van der Waals surface area contributed by atoms with Gasteiger partial charge in [-0.1, -0.05) is 11.6 Å². The topological polar surface area (TPSA) is 130 Å². The molecule has 196 valence electrons. The number of halogens is 1. The molecular formula is C28H26ClN9O. The molecule has 11 heteroatoms. The van der Waals surface area contributed by atoms with Crippen molar-refractivity contribution in [2.45, 2.75) is 30.8 Å². The number of anilines is 1. The average molecular weight is 540 g/mol. The minimum absolute atomic E-state index is 0.195. The second-order valence-electron chi connectivity index (χ2n) is 10.2. The Morgan fingerprint density at radius 3 is 2.77 bits per heavy atom. The molecule has 2 N–H and O–H groups in total. The number of piperidine rings is 1. The minimum Gasteiger partial charge on any atom is -0.346 e. The number of likely N-dealkylation sites (tertiary alicyclic amines) is 2. The summed E-state index contributed by atoms with van der Waals surface area (Å²) in [5.41, 5.74) is 3.47. The van der Waals surface area contributed by atoms with Crippen LogP contribution in [0.2, 0.25) is 5.02 Å². The number of urea groups is 1. The largest absolute Gasteiger partial charge is 0.346 e. The highest BCUT2D eigenvalue weighted by atomic mass is 35.5. The smallest absolute Gasteiger partial charge is 0.321 e. The summed E-state index contributed by atoms with van der Waals surface area (Å²) in [6.07, 6.45) is 9.65. The zero-order valence-electron chi connectivity index (χ0n) is 21.1. The van der Waals surface area contributed by atoms with E-state index in [2.05, 4.69) is 31.4 Å². The lowest BCUT2D eigenvalue weighted by atomic mass is 9.84. The van der Waals surface area contributed by atoms with Crippen LogP contribution in [0.5, 0.6) is 0 Å². The maximum atomic E-state index is 12.8. The third-order valence-corrected chi connectivity index (χ3v) is 8.16. The quantitative estimate of drug-likeness (QED) is 0.382. The van der Waals surface area contributed by atoms with Gasteiger partial charge < -0.3 is 15.2 Å². The predicted molar refractivity (Wildman–Crippen MR) is 147 cm³/mol. The van der Waals surface area contributed by atoms with Crippen LogP contribution in [-0.2, 0) is 5.54 Å². The molecule has 0 unspecified atom stereocenters. The Bertz CT molecular complexity index is 1610. The zero-order valence-corrected chi connectivity index (χ0v) is 21.9. The summed E-state index contributed by atoms with van der Waals surface area (Å²) in [5, 5.41) is 27.6. The summed E-state index contributed by atoms with van der Waals surface area (Å²) in [6, 6.07) is 13.4. The Morgan fingerprint density at radius 1 is 1.21 bits per heavy atom. The van der Waals surface area contributed by atoms with Gasteiger partial charge in [-0.15, -0.1) is 0 Å². The standard InChI is InChI=1S/C28H26ClN9O/c29-24-13-19(14-31)1-2-25(24)35-27(39)36-11-5-21(6-12-36)37-17-28(18-37,7-8-30)38-16-20(15-34-38)22-3-9-32-26-23(22)4-10-33-26/h1-4,9-10,13,15-16,21H,5-7,11-12,17-18H2,(H,32,33)(H,35,39). The number of carbonyl (C=O) groups excluding carboxylic acids is 1. The van der Waals surface area contributed by atoms with E-state index < -0.39 is 0 Å². The molecule has 2 fully saturated rings.